The second-order valence-corrected chi connectivity index (χ2v) is 6.64. The van der Waals surface area contributed by atoms with E-state index >= 15 is 0 Å². The molecule has 2 unspecified atom stereocenters. The number of imidazole rings is 1. The molecule has 1 saturated heterocycles. The molecule has 0 radical (unpaired) electrons. The molecule has 2 N–H and O–H groups in total. The second-order valence-electron chi connectivity index (χ2n) is 5.21. The van der Waals surface area contributed by atoms with Gasteiger partial charge < -0.3 is 10.3 Å². The van der Waals surface area contributed by atoms with Gasteiger partial charge in [-0.05, 0) is 6.42 Å². The fraction of sp³-hybridized carbons (Fsp3) is 0.750. The van der Waals surface area contributed by atoms with Gasteiger partial charge in [-0.25, -0.2) is 4.98 Å². The standard InChI is InChI=1S/C12H20N4S/c1-10-6-12(8-13,9-17-10)16-5-4-15-3-2-14-11(15)7-16/h2-3,10H,4-9,13H2,1H3. The van der Waals surface area contributed by atoms with Gasteiger partial charge in [0.15, 0.2) is 0 Å². The van der Waals surface area contributed by atoms with Crippen molar-refractivity contribution >= 4 is 11.8 Å². The van der Waals surface area contributed by atoms with E-state index in [-0.39, 0.29) is 5.54 Å². The molecule has 0 aliphatic carbocycles. The summed E-state index contributed by atoms with van der Waals surface area (Å²) in [6.45, 7) is 6.19. The van der Waals surface area contributed by atoms with Gasteiger partial charge in [0.25, 0.3) is 0 Å². The highest BCUT2D eigenvalue weighted by molar-refractivity contribution is 8.00. The molecule has 3 heterocycles. The van der Waals surface area contributed by atoms with Crippen LogP contribution in [-0.4, -0.2) is 44.1 Å². The van der Waals surface area contributed by atoms with Gasteiger partial charge in [-0.1, -0.05) is 6.92 Å². The number of nitrogens with two attached hydrogens (primary N) is 1. The first kappa shape index (κ1) is 11.6. The van der Waals surface area contributed by atoms with Crippen LogP contribution in [0.2, 0.25) is 0 Å². The van der Waals surface area contributed by atoms with E-state index in [1.165, 1.54) is 18.0 Å². The van der Waals surface area contributed by atoms with Crippen LogP contribution in [0.1, 0.15) is 19.2 Å². The van der Waals surface area contributed by atoms with Gasteiger partial charge in [0, 0.05) is 48.6 Å². The Hall–Kier alpha value is -0.520. The zero-order valence-electron chi connectivity index (χ0n) is 10.3. The Labute approximate surface area is 107 Å². The molecule has 2 aliphatic heterocycles. The number of fused-ring (bicyclic) bond motifs is 1. The van der Waals surface area contributed by atoms with E-state index in [0.29, 0.717) is 0 Å². The van der Waals surface area contributed by atoms with Crippen LogP contribution >= 0.6 is 11.8 Å². The summed E-state index contributed by atoms with van der Waals surface area (Å²) >= 11 is 2.06. The number of rotatable bonds is 2. The SMILES string of the molecule is CC1CC(CN)(N2CCn3ccnc3C2)CS1. The van der Waals surface area contributed by atoms with E-state index < -0.39 is 0 Å². The predicted molar refractivity (Wildman–Crippen MR) is 71.0 cm³/mol. The maximum atomic E-state index is 6.07. The summed E-state index contributed by atoms with van der Waals surface area (Å²) in [7, 11) is 0. The van der Waals surface area contributed by atoms with Gasteiger partial charge in [0.1, 0.15) is 5.82 Å². The highest BCUT2D eigenvalue weighted by atomic mass is 32.2. The maximum Gasteiger partial charge on any atom is 0.122 e. The van der Waals surface area contributed by atoms with Crippen LogP contribution in [0.3, 0.4) is 0 Å². The number of hydrogen-bond donors (Lipinski definition) is 1. The van der Waals surface area contributed by atoms with Gasteiger partial charge in [-0.3, -0.25) is 4.90 Å². The molecule has 2 aliphatic rings. The quantitative estimate of drug-likeness (QED) is 0.850. The first-order chi connectivity index (χ1) is 8.23. The number of hydrogen-bond acceptors (Lipinski definition) is 4. The van der Waals surface area contributed by atoms with Crippen LogP contribution in [-0.2, 0) is 13.1 Å². The molecule has 3 rings (SSSR count). The molecule has 1 fully saturated rings. The lowest BCUT2D eigenvalue weighted by Crippen LogP contribution is -2.56. The minimum Gasteiger partial charge on any atom is -0.333 e. The largest absolute Gasteiger partial charge is 0.333 e. The molecule has 1 aromatic rings. The Morgan fingerprint density at radius 3 is 3.18 bits per heavy atom. The van der Waals surface area contributed by atoms with Crippen molar-refractivity contribution in [1.29, 1.82) is 0 Å². The van der Waals surface area contributed by atoms with Gasteiger partial charge in [-0.2, -0.15) is 11.8 Å². The normalized spacial score (nSPS) is 33.9. The van der Waals surface area contributed by atoms with Crippen molar-refractivity contribution in [3.63, 3.8) is 0 Å². The fourth-order valence-electron chi connectivity index (χ4n) is 3.02. The van der Waals surface area contributed by atoms with E-state index in [4.69, 9.17) is 5.73 Å². The third-order valence-corrected chi connectivity index (χ3v) is 5.54. The highest BCUT2D eigenvalue weighted by Crippen LogP contribution is 2.39. The van der Waals surface area contributed by atoms with Crippen molar-refractivity contribution in [1.82, 2.24) is 14.5 Å². The topological polar surface area (TPSA) is 47.1 Å². The van der Waals surface area contributed by atoms with Gasteiger partial charge in [0.2, 0.25) is 0 Å². The molecule has 4 nitrogen and oxygen atoms in total. The Balaban J connectivity index is 1.81. The second kappa shape index (κ2) is 4.30. The average Bonchev–Trinajstić information content (AvgIpc) is 2.94. The van der Waals surface area contributed by atoms with E-state index in [1.54, 1.807) is 0 Å². The fourth-order valence-corrected chi connectivity index (χ4v) is 4.46. The van der Waals surface area contributed by atoms with Crippen molar-refractivity contribution < 1.29 is 0 Å². The summed E-state index contributed by atoms with van der Waals surface area (Å²) in [5, 5.41) is 0.736. The molecule has 0 bridgehead atoms. The van der Waals surface area contributed by atoms with Gasteiger partial charge >= 0.3 is 0 Å². The molecule has 0 aromatic carbocycles. The molecule has 0 saturated carbocycles. The highest BCUT2D eigenvalue weighted by Gasteiger charge is 2.43. The predicted octanol–water partition coefficient (Wildman–Crippen LogP) is 0.922. The van der Waals surface area contributed by atoms with Crippen LogP contribution in [0.4, 0.5) is 0 Å². The van der Waals surface area contributed by atoms with Crippen molar-refractivity contribution in [2.45, 2.75) is 37.2 Å². The molecule has 2 atom stereocenters. The summed E-state index contributed by atoms with van der Waals surface area (Å²) in [5.74, 6) is 2.36. The third-order valence-electron chi connectivity index (χ3n) is 4.10. The molecular weight excluding hydrogens is 232 g/mol. The van der Waals surface area contributed by atoms with Crippen LogP contribution in [0.5, 0.6) is 0 Å². The maximum absolute atomic E-state index is 6.07. The number of aromatic nitrogens is 2. The van der Waals surface area contributed by atoms with Crippen molar-refractivity contribution in [2.24, 2.45) is 5.73 Å². The first-order valence-electron chi connectivity index (χ1n) is 6.30. The molecule has 5 heteroatoms. The lowest BCUT2D eigenvalue weighted by atomic mass is 9.93. The van der Waals surface area contributed by atoms with E-state index in [9.17, 15) is 0 Å². The lowest BCUT2D eigenvalue weighted by Gasteiger charge is -2.42. The van der Waals surface area contributed by atoms with E-state index in [2.05, 4.69) is 39.3 Å². The molecule has 94 valence electrons. The third kappa shape index (κ3) is 1.90. The Bertz CT molecular complexity index is 405. The molecule has 0 amide bonds. The van der Waals surface area contributed by atoms with Crippen LogP contribution in [0.25, 0.3) is 0 Å². The smallest absolute Gasteiger partial charge is 0.122 e. The zero-order valence-corrected chi connectivity index (χ0v) is 11.1. The van der Waals surface area contributed by atoms with E-state index in [0.717, 1.165) is 31.4 Å². The minimum absolute atomic E-state index is 0.210. The molecule has 0 spiro atoms. The number of nitrogens with zero attached hydrogens (tertiary/aromatic N) is 3. The molecular formula is C12H20N4S. The van der Waals surface area contributed by atoms with Crippen LogP contribution < -0.4 is 5.73 Å². The van der Waals surface area contributed by atoms with Gasteiger partial charge in [0.05, 0.1) is 6.54 Å². The van der Waals surface area contributed by atoms with Crippen molar-refractivity contribution in [3.05, 3.63) is 18.2 Å². The molecule has 17 heavy (non-hydrogen) atoms. The minimum atomic E-state index is 0.210. The lowest BCUT2D eigenvalue weighted by molar-refractivity contribution is 0.0797. The summed E-state index contributed by atoms with van der Waals surface area (Å²) < 4.78 is 2.26. The van der Waals surface area contributed by atoms with Crippen molar-refractivity contribution in [3.8, 4) is 0 Å². The van der Waals surface area contributed by atoms with Crippen LogP contribution in [0.15, 0.2) is 12.4 Å². The first-order valence-corrected chi connectivity index (χ1v) is 7.35. The summed E-state index contributed by atoms with van der Waals surface area (Å²) in [4.78, 5) is 7.00. The van der Waals surface area contributed by atoms with Crippen LogP contribution in [0, 0.1) is 0 Å². The van der Waals surface area contributed by atoms with Gasteiger partial charge in [-0.15, -0.1) is 0 Å². The average molecular weight is 252 g/mol. The Morgan fingerprint density at radius 2 is 2.47 bits per heavy atom. The molecule has 1 aromatic heterocycles. The Morgan fingerprint density at radius 1 is 1.59 bits per heavy atom. The summed E-state index contributed by atoms with van der Waals surface area (Å²) in [6, 6.07) is 0. The van der Waals surface area contributed by atoms with Crippen molar-refractivity contribution in [2.75, 3.05) is 18.8 Å². The summed E-state index contributed by atoms with van der Waals surface area (Å²) in [6.07, 6.45) is 5.20. The number of thioether (sulfide) groups is 1. The summed E-state index contributed by atoms with van der Waals surface area (Å²) in [5.41, 5.74) is 6.28. The van der Waals surface area contributed by atoms with E-state index in [1.807, 2.05) is 6.20 Å². The Kier molecular flexibility index (Phi) is 2.92. The zero-order chi connectivity index (χ0) is 11.9. The monoisotopic (exact) mass is 252 g/mol.